The van der Waals surface area contributed by atoms with Crippen molar-refractivity contribution in [1.29, 1.82) is 0 Å². The highest BCUT2D eigenvalue weighted by atomic mass is 35.5. The van der Waals surface area contributed by atoms with Crippen LogP contribution in [0.15, 0.2) is 59.5 Å². The molecule has 8 heteroatoms. The van der Waals surface area contributed by atoms with Crippen molar-refractivity contribution in [2.24, 2.45) is 7.05 Å². The number of rotatable bonds is 4. The van der Waals surface area contributed by atoms with Crippen molar-refractivity contribution in [3.05, 3.63) is 75.9 Å². The Morgan fingerprint density at radius 2 is 2.00 bits per heavy atom. The Hall–Kier alpha value is -3.32. The number of benzene rings is 1. The summed E-state index contributed by atoms with van der Waals surface area (Å²) in [7, 11) is 1.64. The van der Waals surface area contributed by atoms with Gasteiger partial charge in [0.2, 0.25) is 5.88 Å². The predicted molar refractivity (Wildman–Crippen MR) is 104 cm³/mol. The summed E-state index contributed by atoms with van der Waals surface area (Å²) in [6.45, 7) is 0.283. The van der Waals surface area contributed by atoms with Gasteiger partial charge in [0, 0.05) is 19.3 Å². The summed E-state index contributed by atoms with van der Waals surface area (Å²) in [6.07, 6.45) is 1.70. The van der Waals surface area contributed by atoms with E-state index in [1.54, 1.807) is 43.6 Å². The molecule has 0 atom stereocenters. The smallest absolute Gasteiger partial charge is 0.334 e. The average molecular weight is 382 g/mol. The zero-order valence-corrected chi connectivity index (χ0v) is 15.2. The molecule has 0 radical (unpaired) electrons. The SMILES string of the molecule is Cn1c(=O)n(-c2c(N)cccc2Cl)c2ccc(OCc3ccccn3)nc21. The van der Waals surface area contributed by atoms with Gasteiger partial charge in [-0.2, -0.15) is 4.98 Å². The van der Waals surface area contributed by atoms with Gasteiger partial charge < -0.3 is 10.5 Å². The summed E-state index contributed by atoms with van der Waals surface area (Å²) in [6, 6.07) is 14.2. The number of fused-ring (bicyclic) bond motifs is 1. The van der Waals surface area contributed by atoms with E-state index in [0.717, 1.165) is 5.69 Å². The summed E-state index contributed by atoms with van der Waals surface area (Å²) in [5, 5.41) is 0.389. The molecule has 4 rings (SSSR count). The van der Waals surface area contributed by atoms with Gasteiger partial charge in [-0.15, -0.1) is 0 Å². The highest BCUT2D eigenvalue weighted by Crippen LogP contribution is 2.28. The number of aromatic nitrogens is 4. The van der Waals surface area contributed by atoms with E-state index >= 15 is 0 Å². The number of nitrogens with two attached hydrogens (primary N) is 1. The van der Waals surface area contributed by atoms with Crippen LogP contribution in [0.5, 0.6) is 5.88 Å². The molecule has 0 bridgehead atoms. The van der Waals surface area contributed by atoms with Crippen molar-refractivity contribution < 1.29 is 4.74 Å². The highest BCUT2D eigenvalue weighted by Gasteiger charge is 2.18. The molecule has 27 heavy (non-hydrogen) atoms. The monoisotopic (exact) mass is 381 g/mol. The zero-order chi connectivity index (χ0) is 19.0. The first kappa shape index (κ1) is 17.1. The van der Waals surface area contributed by atoms with Crippen LogP contribution in [0.3, 0.4) is 0 Å². The Bertz CT molecular complexity index is 1160. The van der Waals surface area contributed by atoms with Gasteiger partial charge in [0.25, 0.3) is 0 Å². The summed E-state index contributed by atoms with van der Waals surface area (Å²) < 4.78 is 8.61. The minimum Gasteiger partial charge on any atom is -0.471 e. The van der Waals surface area contributed by atoms with Crippen LogP contribution in [-0.4, -0.2) is 19.1 Å². The largest absolute Gasteiger partial charge is 0.471 e. The molecule has 0 aliphatic rings. The number of ether oxygens (including phenoxy) is 1. The lowest BCUT2D eigenvalue weighted by atomic mass is 10.2. The maximum atomic E-state index is 12.8. The lowest BCUT2D eigenvalue weighted by Gasteiger charge is -2.09. The number of hydrogen-bond donors (Lipinski definition) is 1. The van der Waals surface area contributed by atoms with Crippen LogP contribution in [0.25, 0.3) is 16.9 Å². The van der Waals surface area contributed by atoms with Gasteiger partial charge in [-0.05, 0) is 30.3 Å². The van der Waals surface area contributed by atoms with E-state index in [-0.39, 0.29) is 12.3 Å². The number of para-hydroxylation sites is 1. The first-order valence-corrected chi connectivity index (χ1v) is 8.59. The van der Waals surface area contributed by atoms with Crippen LogP contribution < -0.4 is 16.2 Å². The number of aryl methyl sites for hydroxylation is 1. The lowest BCUT2D eigenvalue weighted by molar-refractivity contribution is 0.290. The van der Waals surface area contributed by atoms with Crippen LogP contribution in [-0.2, 0) is 13.7 Å². The minimum atomic E-state index is -0.292. The Morgan fingerprint density at radius 1 is 1.15 bits per heavy atom. The van der Waals surface area contributed by atoms with Crippen molar-refractivity contribution in [3.63, 3.8) is 0 Å². The summed E-state index contributed by atoms with van der Waals surface area (Å²) in [5.41, 5.74) is 8.47. The van der Waals surface area contributed by atoms with Crippen molar-refractivity contribution in [2.75, 3.05) is 5.73 Å². The number of anilines is 1. The van der Waals surface area contributed by atoms with Gasteiger partial charge in [-0.3, -0.25) is 14.1 Å². The van der Waals surface area contributed by atoms with E-state index in [4.69, 9.17) is 22.1 Å². The molecule has 0 aliphatic carbocycles. The molecule has 0 aliphatic heterocycles. The standard InChI is InChI=1S/C19H16ClN5O2/c1-24-18-15(25(19(24)26)17-13(20)6-4-7-14(17)21)8-9-16(23-18)27-11-12-5-2-3-10-22-12/h2-10H,11,21H2,1H3. The molecule has 136 valence electrons. The average Bonchev–Trinajstić information content (AvgIpc) is 2.92. The van der Waals surface area contributed by atoms with Crippen molar-refractivity contribution >= 4 is 28.5 Å². The first-order chi connectivity index (χ1) is 13.1. The van der Waals surface area contributed by atoms with E-state index in [0.29, 0.717) is 33.4 Å². The zero-order valence-electron chi connectivity index (χ0n) is 14.5. The summed E-state index contributed by atoms with van der Waals surface area (Å²) in [4.78, 5) is 21.5. The first-order valence-electron chi connectivity index (χ1n) is 8.22. The normalized spacial score (nSPS) is 11.0. The summed E-state index contributed by atoms with van der Waals surface area (Å²) >= 11 is 6.29. The molecule has 0 amide bonds. The van der Waals surface area contributed by atoms with Crippen molar-refractivity contribution in [1.82, 2.24) is 19.1 Å². The third-order valence-corrected chi connectivity index (χ3v) is 4.51. The Balaban J connectivity index is 1.78. The minimum absolute atomic E-state index is 0.283. The molecule has 3 heterocycles. The van der Waals surface area contributed by atoms with E-state index in [1.165, 1.54) is 9.13 Å². The topological polar surface area (TPSA) is 88.0 Å². The molecule has 0 spiro atoms. The van der Waals surface area contributed by atoms with E-state index < -0.39 is 0 Å². The van der Waals surface area contributed by atoms with Crippen LogP contribution in [0.4, 0.5) is 5.69 Å². The molecule has 4 aromatic rings. The maximum Gasteiger partial charge on any atom is 0.334 e. The molecular formula is C19H16ClN5O2. The second kappa shape index (κ2) is 6.77. The predicted octanol–water partition coefficient (Wildman–Crippen LogP) is 2.93. The number of halogens is 1. The van der Waals surface area contributed by atoms with Crippen molar-refractivity contribution in [3.8, 4) is 11.6 Å². The van der Waals surface area contributed by atoms with Gasteiger partial charge in [0.15, 0.2) is 5.65 Å². The van der Waals surface area contributed by atoms with Gasteiger partial charge in [0.1, 0.15) is 6.61 Å². The highest BCUT2D eigenvalue weighted by molar-refractivity contribution is 6.33. The van der Waals surface area contributed by atoms with Crippen LogP contribution in [0.1, 0.15) is 5.69 Å². The molecule has 2 N–H and O–H groups in total. The molecule has 0 unspecified atom stereocenters. The van der Waals surface area contributed by atoms with E-state index in [9.17, 15) is 4.79 Å². The fourth-order valence-corrected chi connectivity index (χ4v) is 3.15. The van der Waals surface area contributed by atoms with E-state index in [2.05, 4.69) is 9.97 Å². The third kappa shape index (κ3) is 3.02. The van der Waals surface area contributed by atoms with Gasteiger partial charge in [-0.1, -0.05) is 23.7 Å². The maximum absolute atomic E-state index is 12.8. The molecule has 7 nitrogen and oxygen atoms in total. The Kier molecular flexibility index (Phi) is 4.29. The Morgan fingerprint density at radius 3 is 2.74 bits per heavy atom. The van der Waals surface area contributed by atoms with Crippen LogP contribution in [0, 0.1) is 0 Å². The van der Waals surface area contributed by atoms with Crippen LogP contribution in [0.2, 0.25) is 5.02 Å². The molecule has 0 fully saturated rings. The molecule has 1 aromatic carbocycles. The molecule has 0 saturated carbocycles. The molecular weight excluding hydrogens is 366 g/mol. The van der Waals surface area contributed by atoms with Gasteiger partial charge in [0.05, 0.1) is 27.6 Å². The number of hydrogen-bond acceptors (Lipinski definition) is 5. The fraction of sp³-hybridized carbons (Fsp3) is 0.105. The van der Waals surface area contributed by atoms with Gasteiger partial charge >= 0.3 is 5.69 Å². The summed E-state index contributed by atoms with van der Waals surface area (Å²) in [5.74, 6) is 0.396. The molecule has 0 saturated heterocycles. The van der Waals surface area contributed by atoms with Crippen molar-refractivity contribution in [2.45, 2.75) is 6.61 Å². The second-order valence-corrected chi connectivity index (χ2v) is 6.36. The third-order valence-electron chi connectivity index (χ3n) is 4.20. The van der Waals surface area contributed by atoms with E-state index in [1.807, 2.05) is 18.2 Å². The number of nitrogen functional groups attached to an aromatic ring is 1. The quantitative estimate of drug-likeness (QED) is 0.549. The van der Waals surface area contributed by atoms with Crippen LogP contribution >= 0.6 is 11.6 Å². The fourth-order valence-electron chi connectivity index (χ4n) is 2.88. The molecule has 3 aromatic heterocycles. The number of imidazole rings is 1. The lowest BCUT2D eigenvalue weighted by Crippen LogP contribution is -2.22. The second-order valence-electron chi connectivity index (χ2n) is 5.96. The number of nitrogens with zero attached hydrogens (tertiary/aromatic N) is 4. The van der Waals surface area contributed by atoms with Gasteiger partial charge in [-0.25, -0.2) is 4.79 Å². The number of pyridine rings is 2. The Labute approximate surface area is 159 Å².